The van der Waals surface area contributed by atoms with E-state index in [1.807, 2.05) is 0 Å². The molecule has 0 heterocycles. The van der Waals surface area contributed by atoms with Crippen LogP contribution in [0.5, 0.6) is 17.2 Å². The standard InChI is InChI=1S/C23H32O7/c24-17-14-15(6-2-1-4-8-22(10-11-22)20(27)28)16(18(25)19(17)26)7-3-5-9-23(12-13-23)21(29)30/h14,24-26H,1-13H2,(H,27,28)(H,29,30). The number of rotatable bonds is 13. The molecule has 0 radical (unpaired) electrons. The Kier molecular flexibility index (Phi) is 6.48. The molecule has 5 N–H and O–H groups in total. The van der Waals surface area contributed by atoms with Gasteiger partial charge in [0, 0.05) is 5.56 Å². The zero-order chi connectivity index (χ0) is 21.9. The molecule has 3 rings (SSSR count). The predicted molar refractivity (Wildman–Crippen MR) is 110 cm³/mol. The second-order valence-corrected chi connectivity index (χ2v) is 9.17. The summed E-state index contributed by atoms with van der Waals surface area (Å²) in [5.74, 6) is -2.60. The first kappa shape index (κ1) is 22.2. The van der Waals surface area contributed by atoms with Crippen molar-refractivity contribution in [1.29, 1.82) is 0 Å². The van der Waals surface area contributed by atoms with Crippen LogP contribution in [0.15, 0.2) is 6.07 Å². The van der Waals surface area contributed by atoms with E-state index in [-0.39, 0.29) is 11.5 Å². The molecule has 2 aliphatic carbocycles. The molecule has 0 bridgehead atoms. The number of phenolic OH excluding ortho intramolecular Hbond substituents is 3. The zero-order valence-electron chi connectivity index (χ0n) is 17.3. The lowest BCUT2D eigenvalue weighted by molar-refractivity contribution is -0.144. The van der Waals surface area contributed by atoms with E-state index in [2.05, 4.69) is 0 Å². The van der Waals surface area contributed by atoms with Crippen molar-refractivity contribution in [3.8, 4) is 17.2 Å². The van der Waals surface area contributed by atoms with Crippen molar-refractivity contribution in [2.75, 3.05) is 0 Å². The van der Waals surface area contributed by atoms with Crippen molar-refractivity contribution < 1.29 is 35.1 Å². The number of hydrogen-bond donors (Lipinski definition) is 5. The van der Waals surface area contributed by atoms with Crippen LogP contribution in [0, 0.1) is 10.8 Å². The normalized spacial score (nSPS) is 18.1. The molecule has 1 aromatic rings. The molecule has 0 atom stereocenters. The van der Waals surface area contributed by atoms with Crippen molar-refractivity contribution in [3.63, 3.8) is 0 Å². The smallest absolute Gasteiger partial charge is 0.309 e. The first-order chi connectivity index (χ1) is 14.2. The van der Waals surface area contributed by atoms with E-state index >= 15 is 0 Å². The number of benzene rings is 1. The third-order valence-corrected chi connectivity index (χ3v) is 7.00. The monoisotopic (exact) mass is 420 g/mol. The van der Waals surface area contributed by atoms with Crippen LogP contribution in [0.2, 0.25) is 0 Å². The maximum atomic E-state index is 11.3. The molecule has 2 saturated carbocycles. The summed E-state index contributed by atoms with van der Waals surface area (Å²) in [7, 11) is 0. The number of aliphatic carboxylic acids is 2. The largest absolute Gasteiger partial charge is 0.504 e. The van der Waals surface area contributed by atoms with Crippen LogP contribution < -0.4 is 0 Å². The summed E-state index contributed by atoms with van der Waals surface area (Å²) in [6.45, 7) is 0. The van der Waals surface area contributed by atoms with E-state index in [9.17, 15) is 35.1 Å². The second-order valence-electron chi connectivity index (χ2n) is 9.17. The minimum Gasteiger partial charge on any atom is -0.504 e. The van der Waals surface area contributed by atoms with Gasteiger partial charge in [-0.25, -0.2) is 0 Å². The van der Waals surface area contributed by atoms with Crippen LogP contribution in [0.25, 0.3) is 0 Å². The summed E-state index contributed by atoms with van der Waals surface area (Å²) in [4.78, 5) is 22.5. The summed E-state index contributed by atoms with van der Waals surface area (Å²) >= 11 is 0. The van der Waals surface area contributed by atoms with E-state index in [1.165, 1.54) is 6.07 Å². The van der Waals surface area contributed by atoms with Crippen LogP contribution in [0.1, 0.15) is 81.8 Å². The van der Waals surface area contributed by atoms with Crippen LogP contribution in [0.3, 0.4) is 0 Å². The first-order valence-electron chi connectivity index (χ1n) is 10.9. The molecule has 30 heavy (non-hydrogen) atoms. The minimum atomic E-state index is -0.732. The Morgan fingerprint density at radius 3 is 1.73 bits per heavy atom. The Bertz CT molecular complexity index is 806. The quantitative estimate of drug-likeness (QED) is 0.236. The minimum absolute atomic E-state index is 0.299. The summed E-state index contributed by atoms with van der Waals surface area (Å²) in [6, 6.07) is 1.49. The van der Waals surface area contributed by atoms with Gasteiger partial charge in [0.05, 0.1) is 10.8 Å². The SMILES string of the molecule is O=C(O)C1(CCCCCc2cc(O)c(O)c(O)c2CCCCC2(C(=O)O)CC2)CC1. The third kappa shape index (κ3) is 4.82. The van der Waals surface area contributed by atoms with Crippen molar-refractivity contribution in [1.82, 2.24) is 0 Å². The van der Waals surface area contributed by atoms with Crippen LogP contribution in [-0.2, 0) is 22.4 Å². The van der Waals surface area contributed by atoms with Gasteiger partial charge in [-0.15, -0.1) is 0 Å². The van der Waals surface area contributed by atoms with Gasteiger partial charge in [0.15, 0.2) is 11.5 Å². The number of phenols is 3. The van der Waals surface area contributed by atoms with Crippen molar-refractivity contribution in [2.24, 2.45) is 10.8 Å². The lowest BCUT2D eigenvalue weighted by atomic mass is 9.92. The van der Waals surface area contributed by atoms with Crippen molar-refractivity contribution >= 4 is 11.9 Å². The Morgan fingerprint density at radius 1 is 0.733 bits per heavy atom. The topological polar surface area (TPSA) is 135 Å². The lowest BCUT2D eigenvalue weighted by Gasteiger charge is -2.15. The van der Waals surface area contributed by atoms with Gasteiger partial charge >= 0.3 is 11.9 Å². The number of carbonyl (C=O) groups is 2. The molecule has 0 aliphatic heterocycles. The third-order valence-electron chi connectivity index (χ3n) is 7.00. The number of unbranched alkanes of at least 4 members (excludes halogenated alkanes) is 3. The maximum Gasteiger partial charge on any atom is 0.309 e. The highest BCUT2D eigenvalue weighted by molar-refractivity contribution is 5.78. The highest BCUT2D eigenvalue weighted by atomic mass is 16.4. The van der Waals surface area contributed by atoms with Gasteiger partial charge in [0.1, 0.15) is 0 Å². The number of carboxylic acids is 2. The predicted octanol–water partition coefficient (Wildman–Crippen LogP) is 4.35. The molecule has 0 spiro atoms. The van der Waals surface area contributed by atoms with Gasteiger partial charge in [-0.2, -0.15) is 0 Å². The van der Waals surface area contributed by atoms with E-state index < -0.39 is 28.5 Å². The fourth-order valence-electron chi connectivity index (χ4n) is 4.40. The van der Waals surface area contributed by atoms with Gasteiger partial charge in [0.25, 0.3) is 0 Å². The summed E-state index contributed by atoms with van der Waals surface area (Å²) in [5.41, 5.74) is 0.322. The van der Waals surface area contributed by atoms with E-state index in [0.717, 1.165) is 56.9 Å². The van der Waals surface area contributed by atoms with Gasteiger partial charge in [-0.3, -0.25) is 9.59 Å². The van der Waals surface area contributed by atoms with E-state index in [0.29, 0.717) is 37.7 Å². The first-order valence-corrected chi connectivity index (χ1v) is 10.9. The molecule has 7 heteroatoms. The summed E-state index contributed by atoms with van der Waals surface area (Å²) in [5, 5.41) is 48.6. The molecule has 2 aliphatic rings. The van der Waals surface area contributed by atoms with Crippen LogP contribution in [-0.4, -0.2) is 37.5 Å². The molecule has 2 fully saturated rings. The fourth-order valence-corrected chi connectivity index (χ4v) is 4.40. The molecule has 166 valence electrons. The Labute approximate surface area is 176 Å². The molecule has 0 amide bonds. The van der Waals surface area contributed by atoms with Crippen molar-refractivity contribution in [3.05, 3.63) is 17.2 Å². The number of aryl methyl sites for hydroxylation is 1. The van der Waals surface area contributed by atoms with Gasteiger partial charge in [-0.05, 0) is 75.8 Å². The zero-order valence-corrected chi connectivity index (χ0v) is 17.3. The summed E-state index contributed by atoms with van der Waals surface area (Å²) < 4.78 is 0. The number of carboxylic acid groups (broad SMARTS) is 2. The van der Waals surface area contributed by atoms with E-state index in [4.69, 9.17) is 0 Å². The molecule has 7 nitrogen and oxygen atoms in total. The van der Waals surface area contributed by atoms with Crippen LogP contribution in [0.4, 0.5) is 0 Å². The second kappa shape index (κ2) is 8.74. The summed E-state index contributed by atoms with van der Waals surface area (Å²) in [6.07, 6.45) is 9.31. The fraction of sp³-hybridized carbons (Fsp3) is 0.652. The van der Waals surface area contributed by atoms with Gasteiger partial charge in [0.2, 0.25) is 5.75 Å². The van der Waals surface area contributed by atoms with Gasteiger partial charge < -0.3 is 25.5 Å². The average molecular weight is 421 g/mol. The van der Waals surface area contributed by atoms with Crippen molar-refractivity contribution in [2.45, 2.75) is 83.5 Å². The number of hydrogen-bond acceptors (Lipinski definition) is 5. The molecule has 0 saturated heterocycles. The number of aromatic hydroxyl groups is 3. The molecule has 1 aromatic carbocycles. The van der Waals surface area contributed by atoms with Gasteiger partial charge in [-0.1, -0.05) is 19.3 Å². The van der Waals surface area contributed by atoms with Crippen LogP contribution >= 0.6 is 0 Å². The Hall–Kier alpha value is -2.44. The molecule has 0 unspecified atom stereocenters. The van der Waals surface area contributed by atoms with E-state index in [1.54, 1.807) is 0 Å². The highest BCUT2D eigenvalue weighted by Crippen LogP contribution is 2.51. The Balaban J connectivity index is 1.51. The Morgan fingerprint density at radius 2 is 1.23 bits per heavy atom. The highest BCUT2D eigenvalue weighted by Gasteiger charge is 2.49. The maximum absolute atomic E-state index is 11.3. The lowest BCUT2D eigenvalue weighted by Crippen LogP contribution is -2.14. The molecular formula is C23H32O7. The molecular weight excluding hydrogens is 388 g/mol. The average Bonchev–Trinajstić information content (AvgIpc) is 3.60. The molecule has 0 aromatic heterocycles.